The molecule has 0 bridgehead atoms. The normalized spacial score (nSPS) is 11.7. The Labute approximate surface area is 112 Å². The number of amides is 1. The van der Waals surface area contributed by atoms with Crippen LogP contribution in [0.2, 0.25) is 0 Å². The molecular formula is C12H18N4OS. The molecule has 1 rings (SSSR count). The molecule has 0 spiro atoms. The molecule has 1 amide bonds. The van der Waals surface area contributed by atoms with Crippen molar-refractivity contribution in [3.63, 3.8) is 0 Å². The maximum absolute atomic E-state index is 11.5. The smallest absolute Gasteiger partial charge is 0.269 e. The summed E-state index contributed by atoms with van der Waals surface area (Å²) in [5.74, 6) is -0.0886. The van der Waals surface area contributed by atoms with E-state index in [9.17, 15) is 4.79 Å². The predicted molar refractivity (Wildman–Crippen MR) is 76.8 cm³/mol. The van der Waals surface area contributed by atoms with Crippen molar-refractivity contribution in [1.82, 2.24) is 10.3 Å². The van der Waals surface area contributed by atoms with E-state index in [1.54, 1.807) is 19.3 Å². The zero-order chi connectivity index (χ0) is 13.7. The third-order valence-electron chi connectivity index (χ3n) is 2.68. The van der Waals surface area contributed by atoms with E-state index >= 15 is 0 Å². The van der Waals surface area contributed by atoms with Gasteiger partial charge >= 0.3 is 0 Å². The SMILES string of the molecule is CNC(=O)c1cc(N(C)CC(C)C(N)=S)ccn1. The lowest BCUT2D eigenvalue weighted by Gasteiger charge is -2.23. The van der Waals surface area contributed by atoms with Crippen molar-refractivity contribution < 1.29 is 4.79 Å². The Kier molecular flexibility index (Phi) is 5.03. The molecule has 1 heterocycles. The van der Waals surface area contributed by atoms with Gasteiger partial charge in [0.2, 0.25) is 0 Å². The van der Waals surface area contributed by atoms with Gasteiger partial charge in [-0.2, -0.15) is 0 Å². The van der Waals surface area contributed by atoms with Crippen molar-refractivity contribution in [2.75, 3.05) is 25.5 Å². The Hall–Kier alpha value is -1.69. The van der Waals surface area contributed by atoms with Crippen LogP contribution in [0.3, 0.4) is 0 Å². The summed E-state index contributed by atoms with van der Waals surface area (Å²) in [6.07, 6.45) is 1.61. The summed E-state index contributed by atoms with van der Waals surface area (Å²) in [5.41, 5.74) is 6.89. The van der Waals surface area contributed by atoms with E-state index < -0.39 is 0 Å². The fourth-order valence-electron chi connectivity index (χ4n) is 1.52. The molecule has 18 heavy (non-hydrogen) atoms. The molecule has 1 atom stereocenters. The zero-order valence-corrected chi connectivity index (χ0v) is 11.6. The number of hydrogen-bond acceptors (Lipinski definition) is 4. The van der Waals surface area contributed by atoms with Crippen molar-refractivity contribution in [1.29, 1.82) is 0 Å². The van der Waals surface area contributed by atoms with Gasteiger partial charge < -0.3 is 16.0 Å². The van der Waals surface area contributed by atoms with E-state index in [2.05, 4.69) is 10.3 Å². The van der Waals surface area contributed by atoms with E-state index in [0.29, 0.717) is 17.2 Å². The van der Waals surface area contributed by atoms with Crippen LogP contribution in [0.5, 0.6) is 0 Å². The second-order valence-corrected chi connectivity index (χ2v) is 4.63. The van der Waals surface area contributed by atoms with Crippen molar-refractivity contribution in [2.24, 2.45) is 11.7 Å². The molecule has 0 aliphatic rings. The number of nitrogens with zero attached hydrogens (tertiary/aromatic N) is 2. The highest BCUT2D eigenvalue weighted by Crippen LogP contribution is 2.14. The second kappa shape index (κ2) is 6.30. The Morgan fingerprint density at radius 2 is 2.33 bits per heavy atom. The number of rotatable bonds is 5. The zero-order valence-electron chi connectivity index (χ0n) is 10.8. The average Bonchev–Trinajstić information content (AvgIpc) is 2.37. The summed E-state index contributed by atoms with van der Waals surface area (Å²) in [6.45, 7) is 2.67. The van der Waals surface area contributed by atoms with Crippen molar-refractivity contribution >= 4 is 28.8 Å². The van der Waals surface area contributed by atoms with Crippen molar-refractivity contribution in [2.45, 2.75) is 6.92 Å². The quantitative estimate of drug-likeness (QED) is 0.771. The molecular weight excluding hydrogens is 248 g/mol. The Morgan fingerprint density at radius 3 is 2.89 bits per heavy atom. The van der Waals surface area contributed by atoms with Crippen LogP contribution in [0.25, 0.3) is 0 Å². The highest BCUT2D eigenvalue weighted by molar-refractivity contribution is 7.80. The Bertz CT molecular complexity index is 449. The van der Waals surface area contributed by atoms with E-state index in [0.717, 1.165) is 5.69 Å². The second-order valence-electron chi connectivity index (χ2n) is 4.16. The van der Waals surface area contributed by atoms with Crippen LogP contribution in [0.4, 0.5) is 5.69 Å². The lowest BCUT2D eigenvalue weighted by molar-refractivity contribution is 0.0958. The van der Waals surface area contributed by atoms with Gasteiger partial charge in [0.25, 0.3) is 5.91 Å². The van der Waals surface area contributed by atoms with Gasteiger partial charge in [0.1, 0.15) is 5.69 Å². The van der Waals surface area contributed by atoms with E-state index in [1.165, 1.54) is 0 Å². The molecule has 0 saturated carbocycles. The Balaban J connectivity index is 2.83. The first-order chi connectivity index (χ1) is 8.45. The molecule has 0 radical (unpaired) electrons. The van der Waals surface area contributed by atoms with Crippen LogP contribution >= 0.6 is 12.2 Å². The maximum atomic E-state index is 11.5. The number of hydrogen-bond donors (Lipinski definition) is 2. The summed E-state index contributed by atoms with van der Waals surface area (Å²) in [4.78, 5) is 18.0. The monoisotopic (exact) mass is 266 g/mol. The molecule has 0 saturated heterocycles. The number of nitrogens with two attached hydrogens (primary N) is 1. The minimum atomic E-state index is -0.201. The molecule has 98 valence electrons. The largest absolute Gasteiger partial charge is 0.393 e. The molecule has 0 aliphatic heterocycles. The fourth-order valence-corrected chi connectivity index (χ4v) is 1.59. The first kappa shape index (κ1) is 14.4. The molecule has 0 aliphatic carbocycles. The van der Waals surface area contributed by atoms with Crippen LogP contribution in [-0.4, -0.2) is 36.5 Å². The lowest BCUT2D eigenvalue weighted by Crippen LogP contribution is -2.31. The highest BCUT2D eigenvalue weighted by atomic mass is 32.1. The van der Waals surface area contributed by atoms with Crippen LogP contribution in [0, 0.1) is 5.92 Å². The average molecular weight is 266 g/mol. The van der Waals surface area contributed by atoms with Crippen molar-refractivity contribution in [3.8, 4) is 0 Å². The summed E-state index contributed by atoms with van der Waals surface area (Å²) in [6, 6.07) is 3.59. The Morgan fingerprint density at radius 1 is 1.67 bits per heavy atom. The standard InChI is InChI=1S/C12H18N4OS/c1-8(11(13)18)7-16(3)9-4-5-15-10(6-9)12(17)14-2/h4-6,8H,7H2,1-3H3,(H2,13,18)(H,14,17). The molecule has 0 aromatic carbocycles. The number of thiocarbonyl (C=S) groups is 1. The third-order valence-corrected chi connectivity index (χ3v) is 3.08. The number of carbonyl (C=O) groups excluding carboxylic acids is 1. The fraction of sp³-hybridized carbons (Fsp3) is 0.417. The third kappa shape index (κ3) is 3.66. The summed E-state index contributed by atoms with van der Waals surface area (Å²) >= 11 is 4.95. The lowest BCUT2D eigenvalue weighted by atomic mass is 10.1. The van der Waals surface area contributed by atoms with Gasteiger partial charge in [0, 0.05) is 38.4 Å². The minimum Gasteiger partial charge on any atom is -0.393 e. The topological polar surface area (TPSA) is 71.2 Å². The highest BCUT2D eigenvalue weighted by Gasteiger charge is 2.12. The van der Waals surface area contributed by atoms with E-state index in [4.69, 9.17) is 18.0 Å². The first-order valence-electron chi connectivity index (χ1n) is 5.64. The van der Waals surface area contributed by atoms with Gasteiger partial charge in [-0.1, -0.05) is 19.1 Å². The number of nitrogens with one attached hydrogen (secondary N) is 1. The number of anilines is 1. The maximum Gasteiger partial charge on any atom is 0.269 e. The minimum absolute atomic E-state index is 0.113. The van der Waals surface area contributed by atoms with Crippen LogP contribution < -0.4 is 16.0 Å². The molecule has 1 aromatic rings. The summed E-state index contributed by atoms with van der Waals surface area (Å²) in [5, 5.41) is 2.55. The molecule has 1 unspecified atom stereocenters. The van der Waals surface area contributed by atoms with Crippen LogP contribution in [0.1, 0.15) is 17.4 Å². The molecule has 3 N–H and O–H groups in total. The van der Waals surface area contributed by atoms with Gasteiger partial charge in [-0.25, -0.2) is 0 Å². The predicted octanol–water partition coefficient (Wildman–Crippen LogP) is 0.800. The summed E-state index contributed by atoms with van der Waals surface area (Å²) < 4.78 is 0. The number of carbonyl (C=O) groups is 1. The first-order valence-corrected chi connectivity index (χ1v) is 6.05. The summed E-state index contributed by atoms with van der Waals surface area (Å²) in [7, 11) is 3.51. The van der Waals surface area contributed by atoms with E-state index in [1.807, 2.05) is 24.9 Å². The van der Waals surface area contributed by atoms with Gasteiger partial charge in [-0.3, -0.25) is 9.78 Å². The van der Waals surface area contributed by atoms with E-state index in [-0.39, 0.29) is 11.8 Å². The van der Waals surface area contributed by atoms with Crippen molar-refractivity contribution in [3.05, 3.63) is 24.0 Å². The van der Waals surface area contributed by atoms with Crippen LogP contribution in [0.15, 0.2) is 18.3 Å². The van der Waals surface area contributed by atoms with Gasteiger partial charge in [-0.05, 0) is 12.1 Å². The molecule has 0 fully saturated rings. The molecule has 1 aromatic heterocycles. The molecule has 5 nitrogen and oxygen atoms in total. The number of pyridine rings is 1. The van der Waals surface area contributed by atoms with Crippen LogP contribution in [-0.2, 0) is 0 Å². The number of aromatic nitrogens is 1. The van der Waals surface area contributed by atoms with Gasteiger partial charge in [-0.15, -0.1) is 0 Å². The van der Waals surface area contributed by atoms with Gasteiger partial charge in [0.15, 0.2) is 0 Å². The molecule has 6 heteroatoms. The van der Waals surface area contributed by atoms with Gasteiger partial charge in [0.05, 0.1) is 4.99 Å².